The number of benzene rings is 2. The van der Waals surface area contributed by atoms with Gasteiger partial charge in [-0.3, -0.25) is 0 Å². The van der Waals surface area contributed by atoms with Gasteiger partial charge in [0.25, 0.3) is 0 Å². The van der Waals surface area contributed by atoms with E-state index in [2.05, 4.69) is 62.5 Å². The first-order valence-corrected chi connectivity index (χ1v) is 7.94. The Bertz CT molecular complexity index is 857. The molecule has 1 nitrogen and oxygen atoms in total. The van der Waals surface area contributed by atoms with Gasteiger partial charge < -0.3 is 0 Å². The first-order chi connectivity index (χ1) is 11.2. The molecule has 0 amide bonds. The van der Waals surface area contributed by atoms with Crippen molar-refractivity contribution in [2.24, 2.45) is 0 Å². The third-order valence-electron chi connectivity index (χ3n) is 4.13. The van der Waals surface area contributed by atoms with Gasteiger partial charge in [-0.25, -0.2) is 4.98 Å². The van der Waals surface area contributed by atoms with Gasteiger partial charge in [0.05, 0.1) is 11.2 Å². The Morgan fingerprint density at radius 3 is 2.22 bits per heavy atom. The minimum Gasteiger partial charge on any atom is -0.247 e. The van der Waals surface area contributed by atoms with Crippen molar-refractivity contribution in [3.8, 4) is 11.3 Å². The van der Waals surface area contributed by atoms with Crippen molar-refractivity contribution >= 4 is 10.9 Å². The second-order valence-electron chi connectivity index (χ2n) is 5.79. The summed E-state index contributed by atoms with van der Waals surface area (Å²) in [5.41, 5.74) is 7.06. The van der Waals surface area contributed by atoms with Crippen LogP contribution in [-0.2, 0) is 12.8 Å². The smallest absolute Gasteiger partial charge is 0.0747 e. The van der Waals surface area contributed by atoms with Crippen LogP contribution in [0.3, 0.4) is 0 Å². The number of fused-ring (bicyclic) bond motifs is 1. The minimum atomic E-state index is 0.810. The van der Waals surface area contributed by atoms with Crippen molar-refractivity contribution in [1.82, 2.24) is 4.98 Å². The van der Waals surface area contributed by atoms with Crippen LogP contribution in [0.25, 0.3) is 22.2 Å². The zero-order valence-electron chi connectivity index (χ0n) is 13.5. The van der Waals surface area contributed by atoms with Crippen molar-refractivity contribution < 1.29 is 0 Å². The second-order valence-corrected chi connectivity index (χ2v) is 5.79. The molecule has 1 aromatic heterocycles. The molecule has 3 aromatic rings. The van der Waals surface area contributed by atoms with Gasteiger partial charge in [0, 0.05) is 10.9 Å². The van der Waals surface area contributed by atoms with Crippen LogP contribution in [0.2, 0.25) is 0 Å². The molecule has 0 saturated heterocycles. The number of rotatable bonds is 5. The van der Waals surface area contributed by atoms with Gasteiger partial charge in [-0.2, -0.15) is 0 Å². The molecule has 0 aliphatic rings. The summed E-state index contributed by atoms with van der Waals surface area (Å²) < 4.78 is 0. The maximum Gasteiger partial charge on any atom is 0.0747 e. The summed E-state index contributed by atoms with van der Waals surface area (Å²) in [6, 6.07) is 16.9. The second kappa shape index (κ2) is 6.62. The van der Waals surface area contributed by atoms with Crippen LogP contribution < -0.4 is 0 Å². The summed E-state index contributed by atoms with van der Waals surface area (Å²) in [6.07, 6.45) is 5.57. The number of aryl methyl sites for hydroxylation is 1. The molecule has 0 saturated carbocycles. The zero-order chi connectivity index (χ0) is 16.2. The Morgan fingerprint density at radius 2 is 1.52 bits per heavy atom. The lowest BCUT2D eigenvalue weighted by atomic mass is 9.92. The first kappa shape index (κ1) is 15.2. The number of hydrogen-bond donors (Lipinski definition) is 0. The molecule has 1 heteroatoms. The fourth-order valence-corrected chi connectivity index (χ4v) is 3.01. The summed E-state index contributed by atoms with van der Waals surface area (Å²) in [5, 5.41) is 1.21. The molecule has 1 heterocycles. The van der Waals surface area contributed by atoms with Crippen LogP contribution in [-0.4, -0.2) is 4.98 Å². The lowest BCUT2D eigenvalue weighted by molar-refractivity contribution is 1.14. The molecular formula is C22H21N. The van der Waals surface area contributed by atoms with Gasteiger partial charge in [-0.05, 0) is 37.0 Å². The molecule has 114 valence electrons. The van der Waals surface area contributed by atoms with Gasteiger partial charge in [0.15, 0.2) is 0 Å². The molecule has 0 aliphatic heterocycles. The molecule has 0 fully saturated rings. The average molecular weight is 299 g/mol. The highest BCUT2D eigenvalue weighted by atomic mass is 14.7. The van der Waals surface area contributed by atoms with Crippen molar-refractivity contribution in [2.75, 3.05) is 0 Å². The van der Waals surface area contributed by atoms with Crippen LogP contribution in [0, 0.1) is 6.92 Å². The van der Waals surface area contributed by atoms with E-state index in [0.29, 0.717) is 0 Å². The van der Waals surface area contributed by atoms with Crippen molar-refractivity contribution in [3.63, 3.8) is 0 Å². The molecule has 0 spiro atoms. The van der Waals surface area contributed by atoms with Crippen LogP contribution in [0.5, 0.6) is 0 Å². The SMILES string of the molecule is C=CCc1c(-c2ccc(C)cc2)nc2ccccc2c1CC=C. The van der Waals surface area contributed by atoms with Gasteiger partial charge in [-0.15, -0.1) is 13.2 Å². The fraction of sp³-hybridized carbons (Fsp3) is 0.136. The Kier molecular flexibility index (Phi) is 4.38. The summed E-state index contributed by atoms with van der Waals surface area (Å²) in [6.45, 7) is 9.97. The van der Waals surface area contributed by atoms with Gasteiger partial charge in [-0.1, -0.05) is 60.2 Å². The van der Waals surface area contributed by atoms with E-state index in [1.54, 1.807) is 0 Å². The van der Waals surface area contributed by atoms with Gasteiger partial charge in [0.1, 0.15) is 0 Å². The Morgan fingerprint density at radius 1 is 0.870 bits per heavy atom. The third kappa shape index (κ3) is 2.95. The summed E-state index contributed by atoms with van der Waals surface area (Å²) >= 11 is 0. The van der Waals surface area contributed by atoms with Crippen molar-refractivity contribution in [1.29, 1.82) is 0 Å². The highest BCUT2D eigenvalue weighted by Crippen LogP contribution is 2.31. The molecule has 0 radical (unpaired) electrons. The molecule has 0 atom stereocenters. The number of allylic oxidation sites excluding steroid dienone is 2. The number of nitrogens with zero attached hydrogens (tertiary/aromatic N) is 1. The molecule has 2 aromatic carbocycles. The highest BCUT2D eigenvalue weighted by Gasteiger charge is 2.14. The summed E-state index contributed by atoms with van der Waals surface area (Å²) in [5.74, 6) is 0. The van der Waals surface area contributed by atoms with E-state index in [4.69, 9.17) is 4.98 Å². The predicted octanol–water partition coefficient (Wildman–Crippen LogP) is 5.67. The normalized spacial score (nSPS) is 10.7. The van der Waals surface area contributed by atoms with E-state index in [9.17, 15) is 0 Å². The standard InChI is InChI=1S/C22H21N/c1-4-8-18-19-10-6-7-11-21(19)23-22(20(18)9-5-2)17-14-12-16(3)13-15-17/h4-7,10-15H,1-2,8-9H2,3H3. The fourth-order valence-electron chi connectivity index (χ4n) is 3.01. The molecule has 0 unspecified atom stereocenters. The molecular weight excluding hydrogens is 278 g/mol. The molecule has 0 N–H and O–H groups in total. The lowest BCUT2D eigenvalue weighted by Gasteiger charge is -2.16. The maximum atomic E-state index is 4.95. The van der Waals surface area contributed by atoms with E-state index in [1.807, 2.05) is 18.2 Å². The first-order valence-electron chi connectivity index (χ1n) is 7.94. The van der Waals surface area contributed by atoms with E-state index in [1.165, 1.54) is 22.1 Å². The van der Waals surface area contributed by atoms with E-state index < -0.39 is 0 Å². The van der Waals surface area contributed by atoms with Crippen LogP contribution in [0.1, 0.15) is 16.7 Å². The molecule has 0 aliphatic carbocycles. The molecule has 3 rings (SSSR count). The number of aromatic nitrogens is 1. The van der Waals surface area contributed by atoms with E-state index >= 15 is 0 Å². The largest absolute Gasteiger partial charge is 0.247 e. The Hall–Kier alpha value is -2.67. The average Bonchev–Trinajstić information content (AvgIpc) is 2.58. The van der Waals surface area contributed by atoms with Crippen molar-refractivity contribution in [3.05, 3.63) is 90.5 Å². The van der Waals surface area contributed by atoms with E-state index in [0.717, 1.165) is 29.6 Å². The quantitative estimate of drug-likeness (QED) is 0.553. The van der Waals surface area contributed by atoms with Gasteiger partial charge in [0.2, 0.25) is 0 Å². The van der Waals surface area contributed by atoms with Crippen molar-refractivity contribution in [2.45, 2.75) is 19.8 Å². The molecule has 23 heavy (non-hydrogen) atoms. The lowest BCUT2D eigenvalue weighted by Crippen LogP contribution is -2.01. The van der Waals surface area contributed by atoms with Crippen LogP contribution in [0.4, 0.5) is 0 Å². The number of pyridine rings is 1. The molecule has 0 bridgehead atoms. The van der Waals surface area contributed by atoms with Crippen LogP contribution in [0.15, 0.2) is 73.8 Å². The summed E-state index contributed by atoms with van der Waals surface area (Å²) in [4.78, 5) is 4.95. The zero-order valence-corrected chi connectivity index (χ0v) is 13.5. The number of para-hydroxylation sites is 1. The summed E-state index contributed by atoms with van der Waals surface area (Å²) in [7, 11) is 0. The Labute approximate surface area is 138 Å². The Balaban J connectivity index is 2.34. The maximum absolute atomic E-state index is 4.95. The third-order valence-corrected chi connectivity index (χ3v) is 4.13. The highest BCUT2D eigenvalue weighted by molar-refractivity contribution is 5.87. The minimum absolute atomic E-state index is 0.810. The monoisotopic (exact) mass is 299 g/mol. The number of hydrogen-bond acceptors (Lipinski definition) is 1. The van der Waals surface area contributed by atoms with Crippen LogP contribution >= 0.6 is 0 Å². The predicted molar refractivity (Wildman–Crippen MR) is 99.7 cm³/mol. The van der Waals surface area contributed by atoms with E-state index in [-0.39, 0.29) is 0 Å². The topological polar surface area (TPSA) is 12.9 Å². The van der Waals surface area contributed by atoms with Gasteiger partial charge >= 0.3 is 0 Å².